The third-order valence-electron chi connectivity index (χ3n) is 3.10. The first kappa shape index (κ1) is 9.93. The van der Waals surface area contributed by atoms with E-state index in [4.69, 9.17) is 0 Å². The number of carbonyl (C=O) groups excluding carboxylic acids is 1. The van der Waals surface area contributed by atoms with Gasteiger partial charge in [0, 0.05) is 32.6 Å². The Bertz CT molecular complexity index is 196. The molecule has 0 spiro atoms. The Hall–Kier alpha value is -0.610. The molecule has 0 bridgehead atoms. The highest BCUT2D eigenvalue weighted by molar-refractivity contribution is 5.76. The molecule has 2 aliphatic heterocycles. The molecule has 2 aliphatic rings. The zero-order chi connectivity index (χ0) is 9.80. The van der Waals surface area contributed by atoms with Crippen LogP contribution in [0.25, 0.3) is 0 Å². The van der Waals surface area contributed by atoms with Crippen LogP contribution in [-0.2, 0) is 4.79 Å². The maximum atomic E-state index is 11.8. The number of piperazine rings is 1. The molecule has 0 aromatic carbocycles. The van der Waals surface area contributed by atoms with Gasteiger partial charge >= 0.3 is 0 Å². The van der Waals surface area contributed by atoms with Crippen molar-refractivity contribution in [3.63, 3.8) is 0 Å². The fourth-order valence-electron chi connectivity index (χ4n) is 2.18. The summed E-state index contributed by atoms with van der Waals surface area (Å²) in [6, 6.07) is 0. The van der Waals surface area contributed by atoms with E-state index in [1.54, 1.807) is 0 Å². The van der Waals surface area contributed by atoms with Gasteiger partial charge in [-0.3, -0.25) is 4.79 Å². The van der Waals surface area contributed by atoms with Crippen LogP contribution in [0, 0.1) is 5.92 Å². The summed E-state index contributed by atoms with van der Waals surface area (Å²) in [6.07, 6.45) is 1.91. The lowest BCUT2D eigenvalue weighted by atomic mass is 10.0. The van der Waals surface area contributed by atoms with E-state index >= 15 is 0 Å². The average Bonchev–Trinajstić information content (AvgIpc) is 2.72. The van der Waals surface area contributed by atoms with Crippen molar-refractivity contribution in [3.8, 4) is 0 Å². The first-order valence-corrected chi connectivity index (χ1v) is 5.55. The molecular weight excluding hydrogens is 178 g/mol. The molecule has 2 heterocycles. The van der Waals surface area contributed by atoms with Gasteiger partial charge in [-0.1, -0.05) is 0 Å². The summed E-state index contributed by atoms with van der Waals surface area (Å²) in [6.45, 7) is 5.79. The molecule has 2 saturated heterocycles. The third-order valence-corrected chi connectivity index (χ3v) is 3.10. The molecule has 0 radical (unpaired) electrons. The predicted molar refractivity (Wildman–Crippen MR) is 55.0 cm³/mol. The number of hydrogen-bond acceptors (Lipinski definition) is 3. The molecule has 2 N–H and O–H groups in total. The second-order valence-corrected chi connectivity index (χ2v) is 4.19. The normalized spacial score (nSPS) is 28.0. The Morgan fingerprint density at radius 2 is 2.00 bits per heavy atom. The van der Waals surface area contributed by atoms with Crippen LogP contribution in [0.2, 0.25) is 0 Å². The Morgan fingerprint density at radius 1 is 1.21 bits per heavy atom. The summed E-state index contributed by atoms with van der Waals surface area (Å²) < 4.78 is 0. The number of nitrogens with one attached hydrogen (secondary N) is 2. The van der Waals surface area contributed by atoms with Gasteiger partial charge in [0.05, 0.1) is 0 Å². The Labute approximate surface area is 85.0 Å². The number of carbonyl (C=O) groups is 1. The van der Waals surface area contributed by atoms with Crippen molar-refractivity contribution >= 4 is 5.91 Å². The first-order chi connectivity index (χ1) is 6.86. The maximum absolute atomic E-state index is 11.8. The van der Waals surface area contributed by atoms with Crippen molar-refractivity contribution in [1.29, 1.82) is 0 Å². The van der Waals surface area contributed by atoms with Gasteiger partial charge in [0.2, 0.25) is 5.91 Å². The fraction of sp³-hybridized carbons (Fsp3) is 0.900. The van der Waals surface area contributed by atoms with Crippen LogP contribution in [0.3, 0.4) is 0 Å². The molecule has 4 nitrogen and oxygen atoms in total. The standard InChI is InChI=1S/C10H19N3O/c14-10(7-9-1-2-12-8-9)13-5-3-11-4-6-13/h9,11-12H,1-8H2. The van der Waals surface area contributed by atoms with Crippen molar-refractivity contribution in [2.45, 2.75) is 12.8 Å². The van der Waals surface area contributed by atoms with Crippen molar-refractivity contribution in [2.75, 3.05) is 39.3 Å². The zero-order valence-electron chi connectivity index (χ0n) is 8.59. The SMILES string of the molecule is O=C(CC1CCNC1)N1CCNCC1. The Balaban J connectivity index is 1.75. The zero-order valence-corrected chi connectivity index (χ0v) is 8.59. The van der Waals surface area contributed by atoms with Crippen molar-refractivity contribution < 1.29 is 4.79 Å². The van der Waals surface area contributed by atoms with Crippen LogP contribution in [0.4, 0.5) is 0 Å². The minimum Gasteiger partial charge on any atom is -0.340 e. The summed E-state index contributed by atoms with van der Waals surface area (Å²) in [5.74, 6) is 0.928. The number of nitrogens with zero attached hydrogens (tertiary/aromatic N) is 1. The van der Waals surface area contributed by atoms with Crippen molar-refractivity contribution in [2.24, 2.45) is 5.92 Å². The van der Waals surface area contributed by atoms with Gasteiger partial charge in [0.25, 0.3) is 0 Å². The lowest BCUT2D eigenvalue weighted by Gasteiger charge is -2.28. The summed E-state index contributed by atoms with van der Waals surface area (Å²) in [5, 5.41) is 6.55. The van der Waals surface area contributed by atoms with Gasteiger partial charge in [0.15, 0.2) is 0 Å². The molecule has 0 saturated carbocycles. The third kappa shape index (κ3) is 2.45. The molecule has 80 valence electrons. The Kier molecular flexibility index (Phi) is 3.37. The van der Waals surface area contributed by atoms with Gasteiger partial charge in [-0.2, -0.15) is 0 Å². The summed E-state index contributed by atoms with van der Waals surface area (Å²) in [5.41, 5.74) is 0. The highest BCUT2D eigenvalue weighted by Crippen LogP contribution is 2.13. The molecule has 14 heavy (non-hydrogen) atoms. The monoisotopic (exact) mass is 197 g/mol. The largest absolute Gasteiger partial charge is 0.340 e. The molecule has 0 aromatic rings. The summed E-state index contributed by atoms with van der Waals surface area (Å²) >= 11 is 0. The first-order valence-electron chi connectivity index (χ1n) is 5.55. The highest BCUT2D eigenvalue weighted by Gasteiger charge is 2.22. The van der Waals surface area contributed by atoms with E-state index in [1.165, 1.54) is 0 Å². The number of amides is 1. The predicted octanol–water partition coefficient (Wildman–Crippen LogP) is -0.582. The molecule has 2 rings (SSSR count). The molecule has 4 heteroatoms. The lowest BCUT2D eigenvalue weighted by Crippen LogP contribution is -2.46. The second-order valence-electron chi connectivity index (χ2n) is 4.19. The smallest absolute Gasteiger partial charge is 0.222 e. The quantitative estimate of drug-likeness (QED) is 0.622. The van der Waals surface area contributed by atoms with Crippen LogP contribution < -0.4 is 10.6 Å². The molecule has 0 aromatic heterocycles. The van der Waals surface area contributed by atoms with Crippen LogP contribution in [0.5, 0.6) is 0 Å². The van der Waals surface area contributed by atoms with Crippen molar-refractivity contribution in [1.82, 2.24) is 15.5 Å². The molecular formula is C10H19N3O. The van der Waals surface area contributed by atoms with Gasteiger partial charge in [-0.15, -0.1) is 0 Å². The lowest BCUT2D eigenvalue weighted by molar-refractivity contribution is -0.132. The van der Waals surface area contributed by atoms with E-state index in [2.05, 4.69) is 10.6 Å². The number of hydrogen-bond donors (Lipinski definition) is 2. The number of rotatable bonds is 2. The molecule has 1 amide bonds. The van der Waals surface area contributed by atoms with E-state index in [-0.39, 0.29) is 0 Å². The molecule has 0 aliphatic carbocycles. The van der Waals surface area contributed by atoms with Crippen LogP contribution >= 0.6 is 0 Å². The van der Waals surface area contributed by atoms with Gasteiger partial charge in [-0.25, -0.2) is 0 Å². The van der Waals surface area contributed by atoms with Crippen LogP contribution in [-0.4, -0.2) is 50.1 Å². The van der Waals surface area contributed by atoms with Crippen LogP contribution in [0.1, 0.15) is 12.8 Å². The second kappa shape index (κ2) is 4.75. The van der Waals surface area contributed by atoms with Gasteiger partial charge in [-0.05, 0) is 25.4 Å². The van der Waals surface area contributed by atoms with E-state index in [9.17, 15) is 4.79 Å². The average molecular weight is 197 g/mol. The summed E-state index contributed by atoms with van der Waals surface area (Å²) in [7, 11) is 0. The minimum atomic E-state index is 0.347. The van der Waals surface area contributed by atoms with E-state index in [0.717, 1.165) is 52.1 Å². The molecule has 2 fully saturated rings. The van der Waals surface area contributed by atoms with Gasteiger partial charge < -0.3 is 15.5 Å². The Morgan fingerprint density at radius 3 is 2.64 bits per heavy atom. The minimum absolute atomic E-state index is 0.347. The molecule has 1 unspecified atom stereocenters. The van der Waals surface area contributed by atoms with E-state index < -0.39 is 0 Å². The van der Waals surface area contributed by atoms with Crippen LogP contribution in [0.15, 0.2) is 0 Å². The fourth-order valence-corrected chi connectivity index (χ4v) is 2.18. The van der Waals surface area contributed by atoms with Gasteiger partial charge in [0.1, 0.15) is 0 Å². The molecule has 1 atom stereocenters. The van der Waals surface area contributed by atoms with E-state index in [0.29, 0.717) is 11.8 Å². The maximum Gasteiger partial charge on any atom is 0.222 e. The van der Waals surface area contributed by atoms with E-state index in [1.807, 2.05) is 4.90 Å². The van der Waals surface area contributed by atoms with Crippen molar-refractivity contribution in [3.05, 3.63) is 0 Å². The topological polar surface area (TPSA) is 44.4 Å². The summed E-state index contributed by atoms with van der Waals surface area (Å²) in [4.78, 5) is 13.8. The highest BCUT2D eigenvalue weighted by atomic mass is 16.2.